The van der Waals surface area contributed by atoms with E-state index in [4.69, 9.17) is 10.00 Å². The van der Waals surface area contributed by atoms with E-state index in [9.17, 15) is 4.79 Å². The highest BCUT2D eigenvalue weighted by Crippen LogP contribution is 2.22. The Morgan fingerprint density at radius 2 is 2.20 bits per heavy atom. The molecule has 0 saturated heterocycles. The van der Waals surface area contributed by atoms with Crippen molar-refractivity contribution in [1.82, 2.24) is 4.98 Å². The van der Waals surface area contributed by atoms with Crippen molar-refractivity contribution >= 4 is 5.78 Å². The maximum absolute atomic E-state index is 11.6. The molecule has 0 saturated carbocycles. The third-order valence-corrected chi connectivity index (χ3v) is 2.90. The minimum atomic E-state index is -0.0494. The van der Waals surface area contributed by atoms with E-state index < -0.39 is 0 Å². The van der Waals surface area contributed by atoms with Crippen molar-refractivity contribution in [3.05, 3.63) is 58.9 Å². The number of benzene rings is 1. The summed E-state index contributed by atoms with van der Waals surface area (Å²) in [5, 5.41) is 8.98. The zero-order valence-corrected chi connectivity index (χ0v) is 11.4. The minimum Gasteiger partial charge on any atom is -0.488 e. The zero-order valence-electron chi connectivity index (χ0n) is 11.4. The average Bonchev–Trinajstić information content (AvgIpc) is 2.45. The summed E-state index contributed by atoms with van der Waals surface area (Å²) < 4.78 is 5.70. The van der Waals surface area contributed by atoms with Gasteiger partial charge >= 0.3 is 0 Å². The van der Waals surface area contributed by atoms with Crippen molar-refractivity contribution in [3.8, 4) is 11.8 Å². The van der Waals surface area contributed by atoms with Crippen LogP contribution in [0.2, 0.25) is 0 Å². The number of rotatable bonds is 4. The van der Waals surface area contributed by atoms with Gasteiger partial charge in [-0.1, -0.05) is 12.1 Å². The van der Waals surface area contributed by atoms with E-state index in [1.807, 2.05) is 25.1 Å². The molecule has 0 N–H and O–H groups in total. The number of aryl methyl sites for hydroxylation is 1. The third kappa shape index (κ3) is 3.01. The van der Waals surface area contributed by atoms with E-state index in [-0.39, 0.29) is 12.4 Å². The molecule has 0 spiro atoms. The monoisotopic (exact) mass is 266 g/mol. The molecule has 0 radical (unpaired) electrons. The van der Waals surface area contributed by atoms with Gasteiger partial charge in [0.2, 0.25) is 0 Å². The fourth-order valence-corrected chi connectivity index (χ4v) is 1.85. The molecule has 4 heteroatoms. The second kappa shape index (κ2) is 5.98. The lowest BCUT2D eigenvalue weighted by molar-refractivity contribution is 0.101. The van der Waals surface area contributed by atoms with Crippen LogP contribution in [0.5, 0.6) is 5.75 Å². The normalized spacial score (nSPS) is 9.85. The number of ether oxygens (including phenoxy) is 1. The molecule has 0 bridgehead atoms. The van der Waals surface area contributed by atoms with Gasteiger partial charge in [-0.15, -0.1) is 0 Å². The standard InChI is InChI=1S/C16H14N2O2/c1-11-5-6-14(12(2)19)16(8-11)20-10-13-4-3-7-18-15(13)9-17/h3-8H,10H2,1-2H3. The molecule has 1 aromatic heterocycles. The predicted molar refractivity (Wildman–Crippen MR) is 74.5 cm³/mol. The molecule has 0 aliphatic heterocycles. The Morgan fingerprint density at radius 3 is 2.90 bits per heavy atom. The van der Waals surface area contributed by atoms with Gasteiger partial charge in [-0.05, 0) is 37.6 Å². The Bertz CT molecular complexity index is 687. The fraction of sp³-hybridized carbons (Fsp3) is 0.188. The molecule has 2 aromatic rings. The van der Waals surface area contributed by atoms with Crippen LogP contribution in [0.4, 0.5) is 0 Å². The molecule has 0 amide bonds. The number of Topliss-reactive ketones (excluding diaryl/α,β-unsaturated/α-hetero) is 1. The molecular formula is C16H14N2O2. The van der Waals surface area contributed by atoms with Crippen molar-refractivity contribution in [2.45, 2.75) is 20.5 Å². The molecular weight excluding hydrogens is 252 g/mol. The Labute approximate surface area is 117 Å². The highest BCUT2D eigenvalue weighted by Gasteiger charge is 2.10. The van der Waals surface area contributed by atoms with E-state index in [0.29, 0.717) is 22.6 Å². The Hall–Kier alpha value is -2.67. The number of nitriles is 1. The SMILES string of the molecule is CC(=O)c1ccc(C)cc1OCc1cccnc1C#N. The van der Waals surface area contributed by atoms with Crippen molar-refractivity contribution < 1.29 is 9.53 Å². The number of hydrogen-bond donors (Lipinski definition) is 0. The molecule has 0 atom stereocenters. The van der Waals surface area contributed by atoms with Crippen molar-refractivity contribution in [2.24, 2.45) is 0 Å². The molecule has 0 unspecified atom stereocenters. The minimum absolute atomic E-state index is 0.0494. The van der Waals surface area contributed by atoms with Crippen LogP contribution in [0.3, 0.4) is 0 Å². The first kappa shape index (κ1) is 13.8. The summed E-state index contributed by atoms with van der Waals surface area (Å²) in [6, 6.07) is 11.0. The maximum Gasteiger partial charge on any atom is 0.163 e. The first-order chi connectivity index (χ1) is 9.61. The van der Waals surface area contributed by atoms with Gasteiger partial charge in [-0.25, -0.2) is 4.98 Å². The van der Waals surface area contributed by atoms with Gasteiger partial charge in [0.25, 0.3) is 0 Å². The summed E-state index contributed by atoms with van der Waals surface area (Å²) in [5.41, 5.74) is 2.59. The van der Waals surface area contributed by atoms with Crippen molar-refractivity contribution in [3.63, 3.8) is 0 Å². The van der Waals surface area contributed by atoms with Crippen LogP contribution in [0.1, 0.15) is 34.1 Å². The van der Waals surface area contributed by atoms with Gasteiger partial charge in [0.05, 0.1) is 5.56 Å². The second-order valence-corrected chi connectivity index (χ2v) is 4.47. The van der Waals surface area contributed by atoms with Gasteiger partial charge < -0.3 is 4.74 Å². The topological polar surface area (TPSA) is 63.0 Å². The molecule has 1 aromatic carbocycles. The number of aromatic nitrogens is 1. The van der Waals surface area contributed by atoms with Crippen LogP contribution >= 0.6 is 0 Å². The highest BCUT2D eigenvalue weighted by molar-refractivity contribution is 5.96. The Kier molecular flexibility index (Phi) is 4.11. The van der Waals surface area contributed by atoms with Crippen molar-refractivity contribution in [2.75, 3.05) is 0 Å². The van der Waals surface area contributed by atoms with Crippen molar-refractivity contribution in [1.29, 1.82) is 5.26 Å². The lowest BCUT2D eigenvalue weighted by atomic mass is 10.1. The van der Waals surface area contributed by atoms with Crippen LogP contribution in [-0.2, 0) is 6.61 Å². The number of pyridine rings is 1. The third-order valence-electron chi connectivity index (χ3n) is 2.90. The van der Waals surface area contributed by atoms with Gasteiger partial charge in [-0.2, -0.15) is 5.26 Å². The molecule has 0 fully saturated rings. The number of ketones is 1. The van der Waals surface area contributed by atoms with E-state index in [1.54, 1.807) is 24.4 Å². The van der Waals surface area contributed by atoms with E-state index >= 15 is 0 Å². The average molecular weight is 266 g/mol. The van der Waals surface area contributed by atoms with Gasteiger partial charge in [0.1, 0.15) is 24.1 Å². The number of carbonyl (C=O) groups is 1. The Balaban J connectivity index is 2.25. The molecule has 0 aliphatic carbocycles. The highest BCUT2D eigenvalue weighted by atomic mass is 16.5. The van der Waals surface area contributed by atoms with Gasteiger partial charge in [0.15, 0.2) is 5.78 Å². The predicted octanol–water partition coefficient (Wildman–Crippen LogP) is 3.04. The van der Waals surface area contributed by atoms with Gasteiger partial charge in [0, 0.05) is 11.8 Å². The molecule has 4 nitrogen and oxygen atoms in total. The van der Waals surface area contributed by atoms with E-state index in [2.05, 4.69) is 4.98 Å². The van der Waals surface area contributed by atoms with Crippen LogP contribution in [0.25, 0.3) is 0 Å². The quantitative estimate of drug-likeness (QED) is 0.798. The molecule has 1 heterocycles. The largest absolute Gasteiger partial charge is 0.488 e. The maximum atomic E-state index is 11.6. The summed E-state index contributed by atoms with van der Waals surface area (Å²) in [5.74, 6) is 0.483. The van der Waals surface area contributed by atoms with Crippen LogP contribution < -0.4 is 4.74 Å². The van der Waals surface area contributed by atoms with Gasteiger partial charge in [-0.3, -0.25) is 4.79 Å². The lowest BCUT2D eigenvalue weighted by Gasteiger charge is -2.11. The van der Waals surface area contributed by atoms with E-state index in [0.717, 1.165) is 5.56 Å². The first-order valence-electron chi connectivity index (χ1n) is 6.20. The Morgan fingerprint density at radius 1 is 1.40 bits per heavy atom. The number of nitrogens with zero attached hydrogens (tertiary/aromatic N) is 2. The fourth-order valence-electron chi connectivity index (χ4n) is 1.85. The van der Waals surface area contributed by atoms with Crippen LogP contribution in [0, 0.1) is 18.3 Å². The molecule has 100 valence electrons. The summed E-state index contributed by atoms with van der Waals surface area (Å²) in [4.78, 5) is 15.5. The number of hydrogen-bond acceptors (Lipinski definition) is 4. The smallest absolute Gasteiger partial charge is 0.163 e. The summed E-state index contributed by atoms with van der Waals surface area (Å²) in [7, 11) is 0. The molecule has 0 aliphatic rings. The lowest BCUT2D eigenvalue weighted by Crippen LogP contribution is -2.04. The zero-order chi connectivity index (χ0) is 14.5. The molecule has 2 rings (SSSR count). The van der Waals surface area contributed by atoms with Crippen LogP contribution in [-0.4, -0.2) is 10.8 Å². The van der Waals surface area contributed by atoms with E-state index in [1.165, 1.54) is 6.92 Å². The summed E-state index contributed by atoms with van der Waals surface area (Å²) >= 11 is 0. The summed E-state index contributed by atoms with van der Waals surface area (Å²) in [6.45, 7) is 3.64. The number of carbonyl (C=O) groups excluding carboxylic acids is 1. The summed E-state index contributed by atoms with van der Waals surface area (Å²) in [6.07, 6.45) is 1.57. The molecule has 20 heavy (non-hydrogen) atoms. The first-order valence-corrected chi connectivity index (χ1v) is 6.20. The van der Waals surface area contributed by atoms with Crippen LogP contribution in [0.15, 0.2) is 36.5 Å². The second-order valence-electron chi connectivity index (χ2n) is 4.47.